The Morgan fingerprint density at radius 2 is 1.61 bits per heavy atom. The highest BCUT2D eigenvalue weighted by Crippen LogP contribution is 2.41. The minimum atomic E-state index is -0.885. The number of unbranched alkanes of at least 4 members (excludes halogenated alkanes) is 4. The Kier molecular flexibility index (Phi) is 20.2. The molecule has 3 atom stereocenters. The number of hydrogen-bond donors (Lipinski definition) is 4. The van der Waals surface area contributed by atoms with Gasteiger partial charge in [-0.3, -0.25) is 29.1 Å². The molecule has 20 heteroatoms. The van der Waals surface area contributed by atoms with Crippen LogP contribution in [0.25, 0.3) is 21.3 Å². The third kappa shape index (κ3) is 14.8. The number of ether oxygens (including phenoxy) is 3. The Morgan fingerprint density at radius 1 is 0.895 bits per heavy atom. The van der Waals surface area contributed by atoms with Crippen LogP contribution < -0.4 is 30.2 Å². The molecular formula is C56H69Cl2N9O8S. The van der Waals surface area contributed by atoms with Crippen molar-refractivity contribution >= 4 is 80.4 Å². The number of nitrogens with zero attached hydrogens (tertiary/aromatic N) is 6. The van der Waals surface area contributed by atoms with Crippen molar-refractivity contribution in [2.24, 2.45) is 5.41 Å². The Labute approximate surface area is 459 Å². The molecule has 76 heavy (non-hydrogen) atoms. The summed E-state index contributed by atoms with van der Waals surface area (Å²) < 4.78 is 17.3. The van der Waals surface area contributed by atoms with E-state index in [9.17, 15) is 29.5 Å². The Hall–Kier alpha value is -6.23. The van der Waals surface area contributed by atoms with Gasteiger partial charge in [0.25, 0.3) is 0 Å². The zero-order chi connectivity index (χ0) is 54.5. The summed E-state index contributed by atoms with van der Waals surface area (Å²) in [7, 11) is 3.07. The van der Waals surface area contributed by atoms with Crippen molar-refractivity contribution in [1.82, 2.24) is 35.3 Å². The van der Waals surface area contributed by atoms with Crippen LogP contribution in [0, 0.1) is 23.7 Å². The van der Waals surface area contributed by atoms with Gasteiger partial charge < -0.3 is 45.1 Å². The quantitative estimate of drug-likeness (QED) is 0.0451. The Morgan fingerprint density at radius 3 is 2.28 bits per heavy atom. The molecule has 2 aliphatic rings. The van der Waals surface area contributed by atoms with Crippen molar-refractivity contribution in [2.75, 3.05) is 65.4 Å². The molecule has 2 aromatic heterocycles. The van der Waals surface area contributed by atoms with Crippen LogP contribution in [0.3, 0.4) is 0 Å². The standard InChI is InChI=1S/C56H69Cl2N9O8S/c1-35-52(76-34-62-35)37-17-15-36(16-18-37)31-61-54(71)45-25-39(68)33-67(45)55(72)53(56(2,3)4)64-49(69)13-10-8-7-9-11-14-50(70)66-22-20-65(21-23-66)19-12-24-75-48-28-43-40(26-47(48)74-6)51(38(30-59)32-60-43)63-44-29-46(73-5)42(58)27-41(44)57/h15-18,26-29,32,34,39,45,53,68H,7-14,19-25,31,33H2,1-6H3,(H,60,63)(H,61,71)(H,64,69)/t39-,45+,53?/m1/s1. The first-order valence-electron chi connectivity index (χ1n) is 25.9. The lowest BCUT2D eigenvalue weighted by Crippen LogP contribution is -2.57. The Bertz CT molecular complexity index is 2880. The molecular weight excluding hydrogens is 1030 g/mol. The van der Waals surface area contributed by atoms with Crippen molar-refractivity contribution in [2.45, 2.75) is 110 Å². The van der Waals surface area contributed by atoms with Crippen LogP contribution in [-0.4, -0.2) is 132 Å². The van der Waals surface area contributed by atoms with Crippen molar-refractivity contribution in [3.63, 3.8) is 0 Å². The minimum Gasteiger partial charge on any atom is -0.495 e. The highest BCUT2D eigenvalue weighted by Gasteiger charge is 2.44. The highest BCUT2D eigenvalue weighted by molar-refractivity contribution is 7.13. The van der Waals surface area contributed by atoms with E-state index in [1.807, 2.05) is 62.4 Å². The van der Waals surface area contributed by atoms with Gasteiger partial charge in [-0.15, -0.1) is 11.3 Å². The molecule has 0 aliphatic carbocycles. The summed E-state index contributed by atoms with van der Waals surface area (Å²) >= 11 is 14.3. The van der Waals surface area contributed by atoms with E-state index < -0.39 is 23.6 Å². The summed E-state index contributed by atoms with van der Waals surface area (Å²) in [6, 6.07) is 15.2. The average Bonchev–Trinajstić information content (AvgIpc) is 4.03. The summed E-state index contributed by atoms with van der Waals surface area (Å²) in [6.45, 7) is 12.0. The topological polar surface area (TPSA) is 212 Å². The SMILES string of the molecule is COc1cc(Nc2c(C#N)cnc3cc(OCCCN4CCN(C(=O)CCCCCCCC(=O)NC(C(=O)N5C[C@H](O)C[C@H]5C(=O)NCc5ccc(-c6scnc6C)cc5)C(C)(C)C)CC4)c(OC)cc23)c(Cl)cc1Cl. The fourth-order valence-corrected chi connectivity index (χ4v) is 10.9. The molecule has 4 N–H and O–H groups in total. The lowest BCUT2D eigenvalue weighted by atomic mass is 9.85. The van der Waals surface area contributed by atoms with E-state index in [0.717, 1.165) is 73.4 Å². The zero-order valence-electron chi connectivity index (χ0n) is 44.2. The summed E-state index contributed by atoms with van der Waals surface area (Å²) in [6.07, 6.45) is 6.24. The minimum absolute atomic E-state index is 0.0116. The average molecular weight is 1100 g/mol. The maximum atomic E-state index is 14.1. The van der Waals surface area contributed by atoms with Crippen LogP contribution in [0.4, 0.5) is 11.4 Å². The number of aromatic nitrogens is 2. The second kappa shape index (κ2) is 26.7. The number of benzene rings is 3. The number of β-amino-alcohol motifs (C(OH)–C–C–N with tert-alkyl or cyclic N) is 1. The summed E-state index contributed by atoms with van der Waals surface area (Å²) in [5.41, 5.74) is 5.99. The van der Waals surface area contributed by atoms with E-state index in [1.54, 1.807) is 42.7 Å². The van der Waals surface area contributed by atoms with Gasteiger partial charge in [0.1, 0.15) is 23.9 Å². The number of aryl methyl sites for hydroxylation is 1. The molecule has 2 saturated heterocycles. The highest BCUT2D eigenvalue weighted by atomic mass is 35.5. The number of amides is 4. The maximum Gasteiger partial charge on any atom is 0.246 e. The van der Waals surface area contributed by atoms with E-state index in [0.29, 0.717) is 87.7 Å². The number of methoxy groups -OCH3 is 2. The summed E-state index contributed by atoms with van der Waals surface area (Å²) in [4.78, 5) is 69.5. The molecule has 4 heterocycles. The zero-order valence-corrected chi connectivity index (χ0v) is 46.5. The number of anilines is 2. The van der Waals surface area contributed by atoms with Gasteiger partial charge in [-0.05, 0) is 54.9 Å². The number of carbonyl (C=O) groups excluding carboxylic acids is 4. The molecule has 0 radical (unpaired) electrons. The lowest BCUT2D eigenvalue weighted by Gasteiger charge is -2.35. The molecule has 0 bridgehead atoms. The number of nitriles is 1. The molecule has 3 aromatic carbocycles. The number of hydrogen-bond acceptors (Lipinski definition) is 14. The monoisotopic (exact) mass is 1100 g/mol. The van der Waals surface area contributed by atoms with E-state index in [1.165, 1.54) is 18.2 Å². The van der Waals surface area contributed by atoms with Gasteiger partial charge in [-0.2, -0.15) is 5.26 Å². The van der Waals surface area contributed by atoms with Crippen LogP contribution in [0.5, 0.6) is 17.2 Å². The number of aliphatic hydroxyl groups is 1. The predicted molar refractivity (Wildman–Crippen MR) is 296 cm³/mol. The van der Waals surface area contributed by atoms with E-state index >= 15 is 0 Å². The number of aliphatic hydroxyl groups excluding tert-OH is 1. The lowest BCUT2D eigenvalue weighted by molar-refractivity contribution is -0.144. The van der Waals surface area contributed by atoms with Gasteiger partial charge in [0.15, 0.2) is 11.5 Å². The first-order chi connectivity index (χ1) is 36.5. The molecule has 2 fully saturated rings. The van der Waals surface area contributed by atoms with E-state index in [4.69, 9.17) is 37.4 Å². The van der Waals surface area contributed by atoms with Crippen LogP contribution in [0.1, 0.15) is 95.4 Å². The molecule has 0 saturated carbocycles. The maximum absolute atomic E-state index is 14.1. The van der Waals surface area contributed by atoms with E-state index in [2.05, 4.69) is 36.9 Å². The molecule has 4 amide bonds. The number of halogens is 2. The predicted octanol–water partition coefficient (Wildman–Crippen LogP) is 9.06. The molecule has 1 unspecified atom stereocenters. The van der Waals surface area contributed by atoms with Crippen LogP contribution in [-0.2, 0) is 25.7 Å². The van der Waals surface area contributed by atoms with Gasteiger partial charge in [0, 0.05) is 88.8 Å². The Balaban J connectivity index is 0.775. The number of rotatable bonds is 23. The fraction of sp³-hybridized carbons (Fsp3) is 0.482. The molecule has 2 aliphatic heterocycles. The molecule has 406 valence electrons. The first kappa shape index (κ1) is 57.5. The molecule has 0 spiro atoms. The number of piperazine rings is 1. The summed E-state index contributed by atoms with van der Waals surface area (Å²) in [5.74, 6) is 0.626. The van der Waals surface area contributed by atoms with Crippen molar-refractivity contribution in [3.05, 3.63) is 87.1 Å². The van der Waals surface area contributed by atoms with Crippen molar-refractivity contribution < 1.29 is 38.5 Å². The van der Waals surface area contributed by atoms with Gasteiger partial charge in [-0.25, -0.2) is 4.98 Å². The number of fused-ring (bicyclic) bond motifs is 1. The number of likely N-dealkylation sites (tertiary alicyclic amines) is 1. The third-order valence-corrected chi connectivity index (χ3v) is 15.5. The van der Waals surface area contributed by atoms with Gasteiger partial charge >= 0.3 is 0 Å². The summed E-state index contributed by atoms with van der Waals surface area (Å²) in [5, 5.41) is 31.1. The van der Waals surface area contributed by atoms with Crippen LogP contribution in [0.15, 0.2) is 60.2 Å². The largest absolute Gasteiger partial charge is 0.495 e. The number of nitrogens with one attached hydrogen (secondary N) is 3. The second-order valence-corrected chi connectivity index (χ2v) is 22.1. The normalized spacial score (nSPS) is 16.3. The van der Waals surface area contributed by atoms with Crippen LogP contribution in [0.2, 0.25) is 10.0 Å². The van der Waals surface area contributed by atoms with Crippen LogP contribution >= 0.6 is 34.5 Å². The van der Waals surface area contributed by atoms with E-state index in [-0.39, 0.29) is 49.6 Å². The number of pyridine rings is 1. The van der Waals surface area contributed by atoms with Gasteiger partial charge in [0.05, 0.1) is 75.5 Å². The molecule has 7 rings (SSSR count). The smallest absolute Gasteiger partial charge is 0.246 e. The number of carbonyl (C=O) groups is 4. The van der Waals surface area contributed by atoms with Gasteiger partial charge in [0.2, 0.25) is 23.6 Å². The fourth-order valence-electron chi connectivity index (χ4n) is 9.56. The molecule has 17 nitrogen and oxygen atoms in total. The van der Waals surface area contributed by atoms with Gasteiger partial charge in [-0.1, -0.05) is 87.5 Å². The second-order valence-electron chi connectivity index (χ2n) is 20.4. The van der Waals surface area contributed by atoms with Crippen molar-refractivity contribution in [1.29, 1.82) is 5.26 Å². The molecule has 5 aromatic rings. The van der Waals surface area contributed by atoms with Crippen molar-refractivity contribution in [3.8, 4) is 33.8 Å². The third-order valence-electron chi connectivity index (χ3n) is 13.9. The number of thiazole rings is 1. The first-order valence-corrected chi connectivity index (χ1v) is 27.5.